The number of hydrogen-bond donors (Lipinski definition) is 1. The molecule has 1 aromatic carbocycles. The van der Waals surface area contributed by atoms with Crippen molar-refractivity contribution in [3.05, 3.63) is 24.3 Å². The summed E-state index contributed by atoms with van der Waals surface area (Å²) in [4.78, 5) is 23.6. The van der Waals surface area contributed by atoms with Gasteiger partial charge in [-0.1, -0.05) is 19.8 Å². The number of carbonyl (C=O) groups is 2. The van der Waals surface area contributed by atoms with Crippen LogP contribution in [-0.4, -0.2) is 38.2 Å². The third-order valence-electron chi connectivity index (χ3n) is 4.68. The number of carbonyl (C=O) groups excluding carboxylic acids is 2. The van der Waals surface area contributed by atoms with Crippen LogP contribution < -0.4 is 14.8 Å². The molecule has 1 aromatic rings. The van der Waals surface area contributed by atoms with Gasteiger partial charge in [0.1, 0.15) is 11.5 Å². The maximum Gasteiger partial charge on any atom is 0.306 e. The number of rotatable bonds is 9. The largest absolute Gasteiger partial charge is 0.497 e. The van der Waals surface area contributed by atoms with Crippen LogP contribution in [0, 0.1) is 5.92 Å². The smallest absolute Gasteiger partial charge is 0.306 e. The Kier molecular flexibility index (Phi) is 8.25. The number of esters is 1. The van der Waals surface area contributed by atoms with Crippen LogP contribution in [0.15, 0.2) is 24.3 Å². The molecule has 26 heavy (non-hydrogen) atoms. The van der Waals surface area contributed by atoms with Crippen LogP contribution in [0.3, 0.4) is 0 Å². The third-order valence-corrected chi connectivity index (χ3v) is 4.68. The summed E-state index contributed by atoms with van der Waals surface area (Å²) < 4.78 is 15.7. The Bertz CT molecular complexity index is 572. The number of nitrogens with one attached hydrogen (secondary N) is 1. The van der Waals surface area contributed by atoms with E-state index in [-0.39, 0.29) is 30.9 Å². The van der Waals surface area contributed by atoms with Crippen molar-refractivity contribution >= 4 is 11.9 Å². The second-order valence-corrected chi connectivity index (χ2v) is 6.72. The fourth-order valence-corrected chi connectivity index (χ4v) is 3.08. The van der Waals surface area contributed by atoms with Crippen molar-refractivity contribution in [2.75, 3.05) is 20.3 Å². The minimum atomic E-state index is -0.379. The van der Waals surface area contributed by atoms with Crippen LogP contribution >= 0.6 is 0 Å². The van der Waals surface area contributed by atoms with Gasteiger partial charge in [0.2, 0.25) is 0 Å². The van der Waals surface area contributed by atoms with E-state index in [9.17, 15) is 9.59 Å². The summed E-state index contributed by atoms with van der Waals surface area (Å²) >= 11 is 0. The molecule has 2 atom stereocenters. The second-order valence-electron chi connectivity index (χ2n) is 6.72. The van der Waals surface area contributed by atoms with E-state index in [1.54, 1.807) is 7.11 Å². The van der Waals surface area contributed by atoms with Gasteiger partial charge in [-0.05, 0) is 49.4 Å². The van der Waals surface area contributed by atoms with Gasteiger partial charge < -0.3 is 19.5 Å². The molecule has 0 unspecified atom stereocenters. The van der Waals surface area contributed by atoms with E-state index in [1.165, 1.54) is 6.42 Å². The zero-order valence-corrected chi connectivity index (χ0v) is 15.7. The average Bonchev–Trinajstić information content (AvgIpc) is 2.66. The molecule has 0 heterocycles. The van der Waals surface area contributed by atoms with E-state index in [0.717, 1.165) is 30.8 Å². The number of benzene rings is 1. The van der Waals surface area contributed by atoms with Crippen molar-refractivity contribution in [3.63, 3.8) is 0 Å². The van der Waals surface area contributed by atoms with E-state index < -0.39 is 0 Å². The van der Waals surface area contributed by atoms with Crippen LogP contribution in [0.5, 0.6) is 11.5 Å². The molecular formula is C20H29NO5. The lowest BCUT2D eigenvalue weighted by molar-refractivity contribution is -0.149. The third kappa shape index (κ3) is 6.94. The molecule has 0 radical (unpaired) electrons. The van der Waals surface area contributed by atoms with Gasteiger partial charge >= 0.3 is 5.97 Å². The summed E-state index contributed by atoms with van der Waals surface area (Å²) in [5.41, 5.74) is 0. The second kappa shape index (κ2) is 10.7. The molecule has 2 rings (SSSR count). The van der Waals surface area contributed by atoms with E-state index in [0.29, 0.717) is 18.9 Å². The molecule has 144 valence electrons. The van der Waals surface area contributed by atoms with Gasteiger partial charge in [-0.2, -0.15) is 0 Å². The van der Waals surface area contributed by atoms with Crippen LogP contribution in [0.1, 0.15) is 45.4 Å². The van der Waals surface area contributed by atoms with Crippen molar-refractivity contribution in [1.82, 2.24) is 5.32 Å². The summed E-state index contributed by atoms with van der Waals surface area (Å²) in [6.45, 7) is 2.35. The molecule has 0 saturated heterocycles. The fraction of sp³-hybridized carbons (Fsp3) is 0.600. The zero-order chi connectivity index (χ0) is 18.8. The van der Waals surface area contributed by atoms with Crippen molar-refractivity contribution in [2.45, 2.75) is 51.5 Å². The molecule has 1 aliphatic carbocycles. The summed E-state index contributed by atoms with van der Waals surface area (Å²) in [7, 11) is 1.61. The van der Waals surface area contributed by atoms with Gasteiger partial charge in [0, 0.05) is 12.5 Å². The normalized spacial score (nSPS) is 19.5. The molecule has 0 aliphatic heterocycles. The summed E-state index contributed by atoms with van der Waals surface area (Å²) in [6, 6.07) is 7.46. The van der Waals surface area contributed by atoms with Gasteiger partial charge in [-0.3, -0.25) is 9.59 Å². The molecule has 1 N–H and O–H groups in total. The summed E-state index contributed by atoms with van der Waals surface area (Å²) in [6.07, 6.45) is 5.27. The first-order chi connectivity index (χ1) is 12.6. The lowest BCUT2D eigenvalue weighted by Crippen LogP contribution is -2.42. The maximum atomic E-state index is 11.9. The Morgan fingerprint density at radius 2 is 1.81 bits per heavy atom. The lowest BCUT2D eigenvalue weighted by Gasteiger charge is -2.29. The Labute approximate surface area is 155 Å². The maximum absolute atomic E-state index is 11.9. The van der Waals surface area contributed by atoms with Gasteiger partial charge in [0.05, 0.1) is 13.7 Å². The number of hydrogen-bond acceptors (Lipinski definition) is 5. The van der Waals surface area contributed by atoms with Crippen LogP contribution in [0.25, 0.3) is 0 Å². The van der Waals surface area contributed by atoms with Gasteiger partial charge in [0.25, 0.3) is 5.91 Å². The Morgan fingerprint density at radius 3 is 2.50 bits per heavy atom. The van der Waals surface area contributed by atoms with Crippen LogP contribution in [0.4, 0.5) is 0 Å². The molecule has 1 saturated carbocycles. The van der Waals surface area contributed by atoms with Crippen molar-refractivity contribution in [2.24, 2.45) is 5.92 Å². The molecule has 1 fully saturated rings. The standard InChI is InChI=1S/C20H29NO5/c1-15-6-3-4-7-18(15)21-19(22)14-26-20(23)8-5-13-25-17-11-9-16(24-2)10-12-17/h9-12,15,18H,3-8,13-14H2,1-2H3,(H,21,22)/t15-,18-/m0/s1. The minimum absolute atomic E-state index is 0.202. The summed E-state index contributed by atoms with van der Waals surface area (Å²) in [5, 5.41) is 2.97. The Balaban J connectivity index is 1.56. The first-order valence-electron chi connectivity index (χ1n) is 9.30. The van der Waals surface area contributed by atoms with Gasteiger partial charge in [-0.25, -0.2) is 0 Å². The molecule has 0 aromatic heterocycles. The molecule has 1 aliphatic rings. The molecule has 1 amide bonds. The number of amides is 1. The van der Waals surface area contributed by atoms with E-state index in [4.69, 9.17) is 14.2 Å². The topological polar surface area (TPSA) is 73.9 Å². The predicted molar refractivity (Wildman–Crippen MR) is 98.2 cm³/mol. The highest BCUT2D eigenvalue weighted by atomic mass is 16.5. The van der Waals surface area contributed by atoms with Crippen molar-refractivity contribution < 1.29 is 23.8 Å². The highest BCUT2D eigenvalue weighted by Gasteiger charge is 2.23. The van der Waals surface area contributed by atoms with Crippen LogP contribution in [-0.2, 0) is 14.3 Å². The Morgan fingerprint density at radius 1 is 1.12 bits per heavy atom. The molecular weight excluding hydrogens is 334 g/mol. The zero-order valence-electron chi connectivity index (χ0n) is 15.7. The highest BCUT2D eigenvalue weighted by molar-refractivity contribution is 5.80. The van der Waals surface area contributed by atoms with E-state index in [2.05, 4.69) is 12.2 Å². The van der Waals surface area contributed by atoms with Gasteiger partial charge in [-0.15, -0.1) is 0 Å². The highest BCUT2D eigenvalue weighted by Crippen LogP contribution is 2.23. The van der Waals surface area contributed by atoms with Crippen molar-refractivity contribution in [3.8, 4) is 11.5 Å². The molecule has 6 nitrogen and oxygen atoms in total. The van der Waals surface area contributed by atoms with Gasteiger partial charge in [0.15, 0.2) is 6.61 Å². The monoisotopic (exact) mass is 363 g/mol. The first kappa shape index (κ1) is 20.1. The van der Waals surface area contributed by atoms with E-state index in [1.807, 2.05) is 24.3 Å². The quantitative estimate of drug-likeness (QED) is 0.539. The fourth-order valence-electron chi connectivity index (χ4n) is 3.08. The number of ether oxygens (including phenoxy) is 3. The van der Waals surface area contributed by atoms with Crippen LogP contribution in [0.2, 0.25) is 0 Å². The average molecular weight is 363 g/mol. The predicted octanol–water partition coefficient (Wildman–Crippen LogP) is 3.09. The SMILES string of the molecule is COc1ccc(OCCCC(=O)OCC(=O)N[C@H]2CCCC[C@@H]2C)cc1. The summed E-state index contributed by atoms with van der Waals surface area (Å²) in [5.74, 6) is 1.38. The molecule has 0 bridgehead atoms. The molecule has 6 heteroatoms. The minimum Gasteiger partial charge on any atom is -0.497 e. The lowest BCUT2D eigenvalue weighted by atomic mass is 9.86. The first-order valence-corrected chi connectivity index (χ1v) is 9.30. The number of methoxy groups -OCH3 is 1. The Hall–Kier alpha value is -2.24. The molecule has 0 spiro atoms. The van der Waals surface area contributed by atoms with E-state index >= 15 is 0 Å². The van der Waals surface area contributed by atoms with Crippen molar-refractivity contribution in [1.29, 1.82) is 0 Å².